The van der Waals surface area contributed by atoms with E-state index in [1.165, 1.54) is 23.3 Å². The predicted octanol–water partition coefficient (Wildman–Crippen LogP) is 1.21. The second-order valence-corrected chi connectivity index (χ2v) is 3.64. The van der Waals surface area contributed by atoms with Gasteiger partial charge in [-0.05, 0) is 13.0 Å². The standard InChI is InChI=1S/C12H12N4O/c1-9-3-2-4-10(7-9)12-14-8-16(15-12)6-5-11(13)17/h2-8H,1H3,(H2,13,17)/b6-5+. The monoisotopic (exact) mass is 228 g/mol. The fourth-order valence-electron chi connectivity index (χ4n) is 1.41. The maximum absolute atomic E-state index is 10.6. The number of hydrogen-bond donors (Lipinski definition) is 1. The second-order valence-electron chi connectivity index (χ2n) is 3.64. The molecule has 0 saturated heterocycles. The Labute approximate surface area is 98.6 Å². The number of nitrogens with zero attached hydrogens (tertiary/aromatic N) is 3. The first-order chi connectivity index (χ1) is 8.15. The molecule has 1 aromatic heterocycles. The number of amides is 1. The molecule has 0 saturated carbocycles. The van der Waals surface area contributed by atoms with E-state index in [9.17, 15) is 4.79 Å². The van der Waals surface area contributed by atoms with Gasteiger partial charge in [0.2, 0.25) is 5.91 Å². The number of nitrogens with two attached hydrogens (primary N) is 1. The molecule has 0 spiro atoms. The van der Waals surface area contributed by atoms with Crippen molar-refractivity contribution in [3.63, 3.8) is 0 Å². The number of hydrogen-bond acceptors (Lipinski definition) is 3. The lowest BCUT2D eigenvalue weighted by Gasteiger charge is -1.96. The summed E-state index contributed by atoms with van der Waals surface area (Å²) in [5.74, 6) is 0.0976. The van der Waals surface area contributed by atoms with E-state index < -0.39 is 5.91 Å². The Morgan fingerprint density at radius 1 is 1.47 bits per heavy atom. The van der Waals surface area contributed by atoms with Gasteiger partial charge >= 0.3 is 0 Å². The van der Waals surface area contributed by atoms with Gasteiger partial charge in [-0.3, -0.25) is 4.79 Å². The third kappa shape index (κ3) is 2.78. The minimum Gasteiger partial charge on any atom is -0.366 e. The van der Waals surface area contributed by atoms with E-state index in [0.29, 0.717) is 5.82 Å². The topological polar surface area (TPSA) is 73.8 Å². The van der Waals surface area contributed by atoms with E-state index in [-0.39, 0.29) is 0 Å². The van der Waals surface area contributed by atoms with Crippen LogP contribution in [0.4, 0.5) is 0 Å². The molecule has 1 aromatic carbocycles. The minimum absolute atomic E-state index is 0.516. The van der Waals surface area contributed by atoms with Crippen LogP contribution < -0.4 is 5.73 Å². The van der Waals surface area contributed by atoms with Crippen molar-refractivity contribution in [1.82, 2.24) is 14.8 Å². The van der Waals surface area contributed by atoms with E-state index in [0.717, 1.165) is 11.1 Å². The van der Waals surface area contributed by atoms with Crippen LogP contribution in [0.1, 0.15) is 5.56 Å². The van der Waals surface area contributed by atoms with E-state index in [2.05, 4.69) is 10.1 Å². The Morgan fingerprint density at radius 2 is 2.29 bits per heavy atom. The maximum Gasteiger partial charge on any atom is 0.242 e. The number of rotatable bonds is 3. The van der Waals surface area contributed by atoms with Crippen LogP contribution in [0.25, 0.3) is 17.6 Å². The maximum atomic E-state index is 10.6. The third-order valence-corrected chi connectivity index (χ3v) is 2.18. The molecule has 1 amide bonds. The van der Waals surface area contributed by atoms with Crippen LogP contribution >= 0.6 is 0 Å². The molecule has 2 N–H and O–H groups in total. The molecule has 0 aliphatic carbocycles. The summed E-state index contributed by atoms with van der Waals surface area (Å²) in [6.45, 7) is 2.01. The van der Waals surface area contributed by atoms with Gasteiger partial charge in [0.1, 0.15) is 6.33 Å². The van der Waals surface area contributed by atoms with Crippen LogP contribution in [0.5, 0.6) is 0 Å². The summed E-state index contributed by atoms with van der Waals surface area (Å²) in [4.78, 5) is 14.7. The van der Waals surface area contributed by atoms with E-state index >= 15 is 0 Å². The normalized spacial score (nSPS) is 10.9. The lowest BCUT2D eigenvalue weighted by molar-refractivity contribution is -0.113. The van der Waals surface area contributed by atoms with Gasteiger partial charge in [-0.1, -0.05) is 23.8 Å². The zero-order valence-electron chi connectivity index (χ0n) is 9.37. The largest absolute Gasteiger partial charge is 0.366 e. The molecule has 1 heterocycles. The molecular formula is C12H12N4O. The van der Waals surface area contributed by atoms with Crippen molar-refractivity contribution in [1.29, 1.82) is 0 Å². The Kier molecular flexibility index (Phi) is 3.00. The smallest absolute Gasteiger partial charge is 0.242 e. The molecule has 0 bridgehead atoms. The highest BCUT2D eigenvalue weighted by Gasteiger charge is 2.02. The molecule has 0 unspecified atom stereocenters. The van der Waals surface area contributed by atoms with Crippen molar-refractivity contribution < 1.29 is 4.79 Å². The van der Waals surface area contributed by atoms with Crippen LogP contribution in [0.3, 0.4) is 0 Å². The van der Waals surface area contributed by atoms with E-state index in [4.69, 9.17) is 5.73 Å². The van der Waals surface area contributed by atoms with Crippen LogP contribution in [-0.2, 0) is 4.79 Å². The number of benzene rings is 1. The average Bonchev–Trinajstić information content (AvgIpc) is 2.75. The Balaban J connectivity index is 2.27. The summed E-state index contributed by atoms with van der Waals surface area (Å²) < 4.78 is 1.45. The van der Waals surface area contributed by atoms with Crippen molar-refractivity contribution in [3.05, 3.63) is 42.2 Å². The molecule has 17 heavy (non-hydrogen) atoms. The molecule has 2 aromatic rings. The molecule has 0 radical (unpaired) electrons. The van der Waals surface area contributed by atoms with Crippen molar-refractivity contribution in [2.45, 2.75) is 6.92 Å². The summed E-state index contributed by atoms with van der Waals surface area (Å²) in [6.07, 6.45) is 4.22. The zero-order chi connectivity index (χ0) is 12.3. The highest BCUT2D eigenvalue weighted by Crippen LogP contribution is 2.15. The molecule has 5 nitrogen and oxygen atoms in total. The Hall–Kier alpha value is -2.43. The van der Waals surface area contributed by atoms with Crippen molar-refractivity contribution in [2.75, 3.05) is 0 Å². The fraction of sp³-hybridized carbons (Fsp3) is 0.0833. The molecule has 86 valence electrons. The number of aryl methyl sites for hydroxylation is 1. The molecule has 0 atom stereocenters. The molecule has 0 aliphatic heterocycles. The van der Waals surface area contributed by atoms with Crippen LogP contribution in [-0.4, -0.2) is 20.7 Å². The van der Waals surface area contributed by atoms with Gasteiger partial charge in [0, 0.05) is 17.8 Å². The highest BCUT2D eigenvalue weighted by molar-refractivity contribution is 5.88. The van der Waals surface area contributed by atoms with E-state index in [1.807, 2.05) is 31.2 Å². The first-order valence-corrected chi connectivity index (χ1v) is 5.11. The average molecular weight is 228 g/mol. The molecule has 0 aliphatic rings. The van der Waals surface area contributed by atoms with Gasteiger partial charge in [0.25, 0.3) is 0 Å². The highest BCUT2D eigenvalue weighted by atomic mass is 16.1. The summed E-state index contributed by atoms with van der Waals surface area (Å²) >= 11 is 0. The van der Waals surface area contributed by atoms with Gasteiger partial charge < -0.3 is 5.73 Å². The SMILES string of the molecule is Cc1cccc(-c2ncn(/C=C/C(N)=O)n2)c1. The van der Waals surface area contributed by atoms with Gasteiger partial charge in [-0.25, -0.2) is 9.67 Å². The van der Waals surface area contributed by atoms with Gasteiger partial charge in [-0.2, -0.15) is 0 Å². The minimum atomic E-state index is -0.516. The fourth-order valence-corrected chi connectivity index (χ4v) is 1.41. The van der Waals surface area contributed by atoms with Gasteiger partial charge in [-0.15, -0.1) is 5.10 Å². The van der Waals surface area contributed by atoms with Crippen molar-refractivity contribution >= 4 is 12.1 Å². The summed E-state index contributed by atoms with van der Waals surface area (Å²) in [5.41, 5.74) is 7.08. The van der Waals surface area contributed by atoms with Crippen molar-refractivity contribution in [3.8, 4) is 11.4 Å². The van der Waals surface area contributed by atoms with Crippen LogP contribution in [0.2, 0.25) is 0 Å². The summed E-state index contributed by atoms with van der Waals surface area (Å²) in [7, 11) is 0. The Morgan fingerprint density at radius 3 is 3.00 bits per heavy atom. The summed E-state index contributed by atoms with van der Waals surface area (Å²) in [5, 5.41) is 4.20. The number of aromatic nitrogens is 3. The molecule has 2 rings (SSSR count). The summed E-state index contributed by atoms with van der Waals surface area (Å²) in [6, 6.07) is 7.89. The number of carbonyl (C=O) groups is 1. The lowest BCUT2D eigenvalue weighted by atomic mass is 10.1. The number of primary amides is 1. The molecular weight excluding hydrogens is 216 g/mol. The predicted molar refractivity (Wildman–Crippen MR) is 64.7 cm³/mol. The van der Waals surface area contributed by atoms with Crippen LogP contribution in [0, 0.1) is 6.92 Å². The van der Waals surface area contributed by atoms with E-state index in [1.54, 1.807) is 0 Å². The first-order valence-electron chi connectivity index (χ1n) is 5.11. The first kappa shape index (κ1) is 11.1. The van der Waals surface area contributed by atoms with Gasteiger partial charge in [0.15, 0.2) is 5.82 Å². The Bertz CT molecular complexity index is 571. The van der Waals surface area contributed by atoms with Crippen LogP contribution in [0.15, 0.2) is 36.7 Å². The van der Waals surface area contributed by atoms with Gasteiger partial charge in [0.05, 0.1) is 0 Å². The second kappa shape index (κ2) is 4.61. The number of carbonyl (C=O) groups excluding carboxylic acids is 1. The zero-order valence-corrected chi connectivity index (χ0v) is 9.37. The molecule has 0 fully saturated rings. The third-order valence-electron chi connectivity index (χ3n) is 2.18. The van der Waals surface area contributed by atoms with Crippen molar-refractivity contribution in [2.24, 2.45) is 5.73 Å². The lowest BCUT2D eigenvalue weighted by Crippen LogP contribution is -2.06. The molecule has 5 heteroatoms. The quantitative estimate of drug-likeness (QED) is 0.802.